The van der Waals surface area contributed by atoms with Gasteiger partial charge in [0.1, 0.15) is 6.04 Å². The number of hydrogen-bond acceptors (Lipinski definition) is 4. The molecule has 0 amide bonds. The molecule has 1 aromatic rings. The van der Waals surface area contributed by atoms with Crippen LogP contribution in [0.1, 0.15) is 17.9 Å². The van der Waals surface area contributed by atoms with Crippen LogP contribution in [0, 0.1) is 0 Å². The van der Waals surface area contributed by atoms with Crippen molar-refractivity contribution in [2.24, 2.45) is 0 Å². The molecule has 1 fully saturated rings. The van der Waals surface area contributed by atoms with E-state index in [2.05, 4.69) is 33.4 Å². The third kappa shape index (κ3) is 3.24. The quantitative estimate of drug-likeness (QED) is 0.870. The molecule has 5 heteroatoms. The Morgan fingerprint density at radius 3 is 2.88 bits per heavy atom. The summed E-state index contributed by atoms with van der Waals surface area (Å²) < 4.78 is 6.07. The molecule has 0 saturated carbocycles. The van der Waals surface area contributed by atoms with E-state index < -0.39 is 0 Å². The molecule has 1 aliphatic rings. The molecular formula is C12H14BrNO2S. The number of halogens is 1. The number of nitrogens with one attached hydrogen (secondary N) is 1. The summed E-state index contributed by atoms with van der Waals surface area (Å²) in [5.41, 5.74) is 1.19. The maximum absolute atomic E-state index is 11.6. The Hall–Kier alpha value is -0.520. The molecule has 92 valence electrons. The first-order chi connectivity index (χ1) is 8.20. The Balaban J connectivity index is 1.98. The highest BCUT2D eigenvalue weighted by Gasteiger charge is 2.31. The van der Waals surface area contributed by atoms with E-state index in [9.17, 15) is 4.79 Å². The number of hydrogen-bond donors (Lipinski definition) is 1. The van der Waals surface area contributed by atoms with Crippen LogP contribution < -0.4 is 5.32 Å². The molecular weight excluding hydrogens is 302 g/mol. The molecule has 1 N–H and O–H groups in total. The van der Waals surface area contributed by atoms with Gasteiger partial charge in [-0.1, -0.05) is 28.1 Å². The van der Waals surface area contributed by atoms with Crippen molar-refractivity contribution in [1.82, 2.24) is 5.32 Å². The predicted molar refractivity (Wildman–Crippen MR) is 72.9 cm³/mol. The van der Waals surface area contributed by atoms with E-state index in [1.54, 1.807) is 11.8 Å². The summed E-state index contributed by atoms with van der Waals surface area (Å²) in [6, 6.07) is 7.95. The van der Waals surface area contributed by atoms with Crippen LogP contribution in [0.5, 0.6) is 0 Å². The molecule has 0 radical (unpaired) electrons. The second-order valence-corrected chi connectivity index (χ2v) is 5.79. The Kier molecular flexibility index (Phi) is 4.48. The molecule has 1 heterocycles. The number of ether oxygens (including phenoxy) is 1. The van der Waals surface area contributed by atoms with Gasteiger partial charge in [-0.2, -0.15) is 0 Å². The zero-order valence-corrected chi connectivity index (χ0v) is 11.9. The topological polar surface area (TPSA) is 38.3 Å². The summed E-state index contributed by atoms with van der Waals surface area (Å²) in [5.74, 6) is 0.610. The van der Waals surface area contributed by atoms with Crippen molar-refractivity contribution in [2.75, 3.05) is 12.4 Å². The first-order valence-electron chi connectivity index (χ1n) is 5.50. The zero-order chi connectivity index (χ0) is 12.3. The minimum absolute atomic E-state index is 0.153. The number of carbonyl (C=O) groups excluding carboxylic acids is 1. The SMILES string of the molecule is CCOC(=O)C1CSC(c2ccc(Br)cc2)N1. The summed E-state index contributed by atoms with van der Waals surface area (Å²) >= 11 is 5.14. The molecule has 0 aliphatic carbocycles. The molecule has 1 saturated heterocycles. The highest BCUT2D eigenvalue weighted by atomic mass is 79.9. The number of benzene rings is 1. The molecule has 0 bridgehead atoms. The zero-order valence-electron chi connectivity index (χ0n) is 9.48. The lowest BCUT2D eigenvalue weighted by molar-refractivity contribution is -0.144. The molecule has 0 aromatic heterocycles. The average Bonchev–Trinajstić information content (AvgIpc) is 2.80. The molecule has 2 rings (SSSR count). The molecule has 1 aliphatic heterocycles. The molecule has 17 heavy (non-hydrogen) atoms. The average molecular weight is 316 g/mol. The molecule has 3 nitrogen and oxygen atoms in total. The lowest BCUT2D eigenvalue weighted by Crippen LogP contribution is -2.35. The Morgan fingerprint density at radius 1 is 1.53 bits per heavy atom. The van der Waals surface area contributed by atoms with Crippen LogP contribution >= 0.6 is 27.7 Å². The minimum Gasteiger partial charge on any atom is -0.465 e. The van der Waals surface area contributed by atoms with Gasteiger partial charge in [0.15, 0.2) is 0 Å². The fraction of sp³-hybridized carbons (Fsp3) is 0.417. The minimum atomic E-state index is -0.186. The Labute approximate surface area is 113 Å². The molecule has 0 spiro atoms. The molecule has 2 atom stereocenters. The van der Waals surface area contributed by atoms with E-state index >= 15 is 0 Å². The summed E-state index contributed by atoms with van der Waals surface area (Å²) in [6.45, 7) is 2.26. The van der Waals surface area contributed by atoms with Gasteiger partial charge in [0.2, 0.25) is 0 Å². The second-order valence-electron chi connectivity index (χ2n) is 3.74. The van der Waals surface area contributed by atoms with Gasteiger partial charge in [0.25, 0.3) is 0 Å². The van der Waals surface area contributed by atoms with Gasteiger partial charge < -0.3 is 4.74 Å². The lowest BCUT2D eigenvalue weighted by atomic mass is 10.2. The Morgan fingerprint density at radius 2 is 2.24 bits per heavy atom. The third-order valence-corrected chi connectivity index (χ3v) is 4.32. The van der Waals surface area contributed by atoms with Gasteiger partial charge in [0, 0.05) is 10.2 Å². The second kappa shape index (κ2) is 5.89. The maximum Gasteiger partial charge on any atom is 0.324 e. The summed E-state index contributed by atoms with van der Waals surface area (Å²) in [6.07, 6.45) is 0. The van der Waals surface area contributed by atoms with Gasteiger partial charge in [-0.05, 0) is 24.6 Å². The first-order valence-corrected chi connectivity index (χ1v) is 7.34. The first kappa shape index (κ1) is 12.9. The maximum atomic E-state index is 11.6. The standard InChI is InChI=1S/C12H14BrNO2S/c1-2-16-12(15)10-7-17-11(14-10)8-3-5-9(13)6-4-8/h3-6,10-11,14H,2,7H2,1H3. The number of rotatable bonds is 3. The van der Waals surface area contributed by atoms with Gasteiger partial charge in [0.05, 0.1) is 12.0 Å². The van der Waals surface area contributed by atoms with Gasteiger partial charge in [-0.3, -0.25) is 10.1 Å². The van der Waals surface area contributed by atoms with Crippen molar-refractivity contribution in [2.45, 2.75) is 18.3 Å². The van der Waals surface area contributed by atoms with E-state index in [1.165, 1.54) is 5.56 Å². The number of thioether (sulfide) groups is 1. The fourth-order valence-electron chi connectivity index (χ4n) is 1.68. The molecule has 2 unspecified atom stereocenters. The highest BCUT2D eigenvalue weighted by Crippen LogP contribution is 2.33. The summed E-state index contributed by atoms with van der Waals surface area (Å²) in [5, 5.41) is 3.46. The van der Waals surface area contributed by atoms with Crippen LogP contribution in [0.3, 0.4) is 0 Å². The van der Waals surface area contributed by atoms with Gasteiger partial charge in [-0.25, -0.2) is 0 Å². The van der Waals surface area contributed by atoms with Gasteiger partial charge >= 0.3 is 5.97 Å². The van der Waals surface area contributed by atoms with Crippen LogP contribution in [0.2, 0.25) is 0 Å². The fourth-order valence-corrected chi connectivity index (χ4v) is 3.17. The van der Waals surface area contributed by atoms with Crippen molar-refractivity contribution in [3.63, 3.8) is 0 Å². The predicted octanol–water partition coefficient (Wildman–Crippen LogP) is 2.72. The van der Waals surface area contributed by atoms with Crippen LogP contribution in [-0.2, 0) is 9.53 Å². The van der Waals surface area contributed by atoms with Crippen LogP contribution in [-0.4, -0.2) is 24.4 Å². The van der Waals surface area contributed by atoms with E-state index in [-0.39, 0.29) is 17.4 Å². The summed E-state index contributed by atoms with van der Waals surface area (Å²) in [7, 11) is 0. The van der Waals surface area contributed by atoms with Gasteiger partial charge in [-0.15, -0.1) is 11.8 Å². The lowest BCUT2D eigenvalue weighted by Gasteiger charge is -2.12. The van der Waals surface area contributed by atoms with Crippen LogP contribution in [0.15, 0.2) is 28.7 Å². The monoisotopic (exact) mass is 315 g/mol. The van der Waals surface area contributed by atoms with Crippen molar-refractivity contribution < 1.29 is 9.53 Å². The van der Waals surface area contributed by atoms with E-state index in [0.29, 0.717) is 6.61 Å². The number of carbonyl (C=O) groups is 1. The number of esters is 1. The van der Waals surface area contributed by atoms with E-state index in [0.717, 1.165) is 10.2 Å². The van der Waals surface area contributed by atoms with Crippen LogP contribution in [0.4, 0.5) is 0 Å². The normalized spacial score (nSPS) is 23.6. The largest absolute Gasteiger partial charge is 0.465 e. The third-order valence-electron chi connectivity index (χ3n) is 2.53. The smallest absolute Gasteiger partial charge is 0.324 e. The van der Waals surface area contributed by atoms with Crippen molar-refractivity contribution in [3.05, 3.63) is 34.3 Å². The van der Waals surface area contributed by atoms with E-state index in [4.69, 9.17) is 4.74 Å². The van der Waals surface area contributed by atoms with Crippen molar-refractivity contribution in [1.29, 1.82) is 0 Å². The van der Waals surface area contributed by atoms with Crippen molar-refractivity contribution >= 4 is 33.7 Å². The van der Waals surface area contributed by atoms with Crippen LogP contribution in [0.25, 0.3) is 0 Å². The molecule has 1 aromatic carbocycles. The Bertz CT molecular complexity index is 396. The highest BCUT2D eigenvalue weighted by molar-refractivity contribution is 9.10. The van der Waals surface area contributed by atoms with E-state index in [1.807, 2.05) is 19.1 Å². The van der Waals surface area contributed by atoms with Crippen molar-refractivity contribution in [3.8, 4) is 0 Å². The summed E-state index contributed by atoms with van der Waals surface area (Å²) in [4.78, 5) is 11.6.